The SMILES string of the molecule is NC(=O)c1cccc(C(=O)Nc2cnns2)c1. The summed E-state index contributed by atoms with van der Waals surface area (Å²) in [6, 6.07) is 6.18. The number of rotatable bonds is 3. The molecule has 0 fully saturated rings. The first-order valence-corrected chi connectivity index (χ1v) is 5.43. The molecule has 2 aromatic rings. The van der Waals surface area contributed by atoms with Crippen LogP contribution in [0, 0.1) is 0 Å². The summed E-state index contributed by atoms with van der Waals surface area (Å²) < 4.78 is 3.62. The molecule has 0 radical (unpaired) electrons. The van der Waals surface area contributed by atoms with E-state index in [0.717, 1.165) is 11.5 Å². The number of aromatic nitrogens is 2. The highest BCUT2D eigenvalue weighted by Gasteiger charge is 2.09. The van der Waals surface area contributed by atoms with Gasteiger partial charge in [0, 0.05) is 22.7 Å². The van der Waals surface area contributed by atoms with Crippen LogP contribution in [0.4, 0.5) is 5.00 Å². The lowest BCUT2D eigenvalue weighted by Gasteiger charge is -2.02. The third-order valence-corrected chi connectivity index (χ3v) is 2.59. The molecule has 0 spiro atoms. The number of amides is 2. The number of hydrogen-bond donors (Lipinski definition) is 2. The highest BCUT2D eigenvalue weighted by Crippen LogP contribution is 2.12. The Labute approximate surface area is 101 Å². The fourth-order valence-electron chi connectivity index (χ4n) is 1.22. The maximum Gasteiger partial charge on any atom is 0.256 e. The number of anilines is 1. The quantitative estimate of drug-likeness (QED) is 0.842. The molecular weight excluding hydrogens is 240 g/mol. The Morgan fingerprint density at radius 2 is 2.06 bits per heavy atom. The van der Waals surface area contributed by atoms with Gasteiger partial charge < -0.3 is 11.1 Å². The van der Waals surface area contributed by atoms with Crippen molar-refractivity contribution in [2.45, 2.75) is 0 Å². The number of carbonyl (C=O) groups is 2. The van der Waals surface area contributed by atoms with Crippen LogP contribution in [0.25, 0.3) is 0 Å². The smallest absolute Gasteiger partial charge is 0.256 e. The molecule has 0 atom stereocenters. The van der Waals surface area contributed by atoms with Crippen molar-refractivity contribution in [3.63, 3.8) is 0 Å². The summed E-state index contributed by atoms with van der Waals surface area (Å²) in [7, 11) is 0. The fourth-order valence-corrected chi connectivity index (χ4v) is 1.63. The summed E-state index contributed by atoms with van der Waals surface area (Å²) in [4.78, 5) is 22.7. The molecule has 0 aliphatic carbocycles. The molecule has 17 heavy (non-hydrogen) atoms. The van der Waals surface area contributed by atoms with Crippen molar-refractivity contribution in [2.75, 3.05) is 5.32 Å². The number of nitrogens with two attached hydrogens (primary N) is 1. The summed E-state index contributed by atoms with van der Waals surface area (Å²) >= 11 is 1.07. The van der Waals surface area contributed by atoms with Crippen LogP contribution in [-0.4, -0.2) is 21.4 Å². The zero-order valence-electron chi connectivity index (χ0n) is 8.58. The predicted octanol–water partition coefficient (Wildman–Crippen LogP) is 0.889. The topological polar surface area (TPSA) is 98.0 Å². The Bertz CT molecular complexity index is 553. The maximum absolute atomic E-state index is 11.8. The molecule has 2 amide bonds. The van der Waals surface area contributed by atoms with E-state index >= 15 is 0 Å². The van der Waals surface area contributed by atoms with Crippen molar-refractivity contribution < 1.29 is 9.59 Å². The molecule has 0 saturated carbocycles. The Hall–Kier alpha value is -2.28. The van der Waals surface area contributed by atoms with Crippen molar-refractivity contribution in [1.82, 2.24) is 9.59 Å². The van der Waals surface area contributed by atoms with Crippen LogP contribution in [0.2, 0.25) is 0 Å². The van der Waals surface area contributed by atoms with E-state index in [1.165, 1.54) is 12.3 Å². The van der Waals surface area contributed by atoms with Gasteiger partial charge in [0.1, 0.15) is 5.00 Å². The number of nitrogens with zero attached hydrogens (tertiary/aromatic N) is 2. The second-order valence-electron chi connectivity index (χ2n) is 3.18. The van der Waals surface area contributed by atoms with Gasteiger partial charge >= 0.3 is 0 Å². The summed E-state index contributed by atoms with van der Waals surface area (Å²) in [5, 5.41) is 6.74. The van der Waals surface area contributed by atoms with Crippen LogP contribution in [0.1, 0.15) is 20.7 Å². The number of primary amides is 1. The molecule has 3 N–H and O–H groups in total. The van der Waals surface area contributed by atoms with Crippen LogP contribution in [-0.2, 0) is 0 Å². The molecule has 1 heterocycles. The molecular formula is C10H8N4O2S. The first-order valence-electron chi connectivity index (χ1n) is 4.65. The fraction of sp³-hybridized carbons (Fsp3) is 0. The maximum atomic E-state index is 11.8. The van der Waals surface area contributed by atoms with E-state index in [9.17, 15) is 9.59 Å². The highest BCUT2D eigenvalue weighted by molar-refractivity contribution is 7.10. The average molecular weight is 248 g/mol. The van der Waals surface area contributed by atoms with E-state index in [1.54, 1.807) is 18.2 Å². The van der Waals surface area contributed by atoms with Crippen molar-refractivity contribution >= 4 is 28.3 Å². The van der Waals surface area contributed by atoms with E-state index in [0.29, 0.717) is 16.1 Å². The third kappa shape index (κ3) is 2.64. The van der Waals surface area contributed by atoms with E-state index in [1.807, 2.05) is 0 Å². The van der Waals surface area contributed by atoms with Gasteiger partial charge in [0.25, 0.3) is 5.91 Å². The van der Waals surface area contributed by atoms with Gasteiger partial charge in [-0.05, 0) is 18.2 Å². The monoisotopic (exact) mass is 248 g/mol. The van der Waals surface area contributed by atoms with Crippen LogP contribution in [0.3, 0.4) is 0 Å². The first-order chi connectivity index (χ1) is 8.16. The van der Waals surface area contributed by atoms with Crippen molar-refractivity contribution in [3.05, 3.63) is 41.6 Å². The van der Waals surface area contributed by atoms with Crippen LogP contribution < -0.4 is 11.1 Å². The second-order valence-corrected chi connectivity index (χ2v) is 3.97. The molecule has 2 rings (SSSR count). The lowest BCUT2D eigenvalue weighted by atomic mass is 10.1. The molecule has 1 aromatic carbocycles. The van der Waals surface area contributed by atoms with Gasteiger partial charge in [0.05, 0.1) is 6.20 Å². The minimum atomic E-state index is -0.570. The van der Waals surface area contributed by atoms with E-state index in [-0.39, 0.29) is 5.91 Å². The van der Waals surface area contributed by atoms with Gasteiger partial charge in [-0.15, -0.1) is 5.10 Å². The Morgan fingerprint density at radius 3 is 2.71 bits per heavy atom. The van der Waals surface area contributed by atoms with Crippen LogP contribution in [0.5, 0.6) is 0 Å². The number of benzene rings is 1. The standard InChI is InChI=1S/C10H8N4O2S/c11-9(15)6-2-1-3-7(4-6)10(16)13-8-5-12-14-17-8/h1-5H,(H2,11,15)(H,13,16). The molecule has 0 unspecified atom stereocenters. The summed E-state index contributed by atoms with van der Waals surface area (Å²) in [6.45, 7) is 0. The van der Waals surface area contributed by atoms with Crippen LogP contribution >= 0.6 is 11.5 Å². The van der Waals surface area contributed by atoms with E-state index in [4.69, 9.17) is 5.73 Å². The number of carbonyl (C=O) groups excluding carboxylic acids is 2. The molecule has 0 saturated heterocycles. The first kappa shape index (κ1) is 11.2. The summed E-state index contributed by atoms with van der Waals surface area (Å²) in [5.41, 5.74) is 5.78. The van der Waals surface area contributed by atoms with E-state index < -0.39 is 5.91 Å². The molecule has 86 valence electrons. The second kappa shape index (κ2) is 4.71. The number of nitrogens with one attached hydrogen (secondary N) is 1. The highest BCUT2D eigenvalue weighted by atomic mass is 32.1. The lowest BCUT2D eigenvalue weighted by molar-refractivity contribution is 0.1000. The number of hydrogen-bond acceptors (Lipinski definition) is 5. The third-order valence-electron chi connectivity index (χ3n) is 2.01. The van der Waals surface area contributed by atoms with Gasteiger partial charge in [-0.2, -0.15) is 0 Å². The Kier molecular flexibility index (Phi) is 3.10. The minimum absolute atomic E-state index is 0.292. The van der Waals surface area contributed by atoms with Crippen LogP contribution in [0.15, 0.2) is 30.5 Å². The molecule has 1 aromatic heterocycles. The average Bonchev–Trinajstić information content (AvgIpc) is 2.82. The Morgan fingerprint density at radius 1 is 1.29 bits per heavy atom. The molecule has 6 nitrogen and oxygen atoms in total. The molecule has 0 aliphatic heterocycles. The zero-order valence-corrected chi connectivity index (χ0v) is 9.40. The lowest BCUT2D eigenvalue weighted by Crippen LogP contribution is -2.14. The van der Waals surface area contributed by atoms with E-state index in [2.05, 4.69) is 14.9 Å². The van der Waals surface area contributed by atoms with Gasteiger partial charge in [0.2, 0.25) is 5.91 Å². The Balaban J connectivity index is 2.19. The largest absolute Gasteiger partial charge is 0.366 e. The zero-order chi connectivity index (χ0) is 12.3. The van der Waals surface area contributed by atoms with Crippen molar-refractivity contribution in [1.29, 1.82) is 0 Å². The molecule has 0 aliphatic rings. The molecule has 0 bridgehead atoms. The molecule has 7 heteroatoms. The predicted molar refractivity (Wildman–Crippen MR) is 62.8 cm³/mol. The summed E-state index contributed by atoms with van der Waals surface area (Å²) in [5.74, 6) is -0.904. The van der Waals surface area contributed by atoms with Gasteiger partial charge in [-0.25, -0.2) is 0 Å². The van der Waals surface area contributed by atoms with Gasteiger partial charge in [-0.3, -0.25) is 9.59 Å². The summed E-state index contributed by atoms with van der Waals surface area (Å²) in [6.07, 6.45) is 1.44. The minimum Gasteiger partial charge on any atom is -0.366 e. The van der Waals surface area contributed by atoms with Gasteiger partial charge in [0.15, 0.2) is 0 Å². The van der Waals surface area contributed by atoms with Crippen molar-refractivity contribution in [3.8, 4) is 0 Å². The normalized spacial score (nSPS) is 9.88. The van der Waals surface area contributed by atoms with Crippen molar-refractivity contribution in [2.24, 2.45) is 5.73 Å². The van der Waals surface area contributed by atoms with Gasteiger partial charge in [-0.1, -0.05) is 10.6 Å².